The Morgan fingerprint density at radius 3 is 3.15 bits per heavy atom. The van der Waals surface area contributed by atoms with Crippen molar-refractivity contribution in [2.45, 2.75) is 6.54 Å². The first-order valence-electron chi connectivity index (χ1n) is 4.26. The quantitative estimate of drug-likeness (QED) is 0.666. The Labute approximate surface area is 76.7 Å². The molecular weight excluding hydrogens is 168 g/mol. The molecule has 0 aromatic carbocycles. The first-order chi connectivity index (χ1) is 6.33. The smallest absolute Gasteiger partial charge is 0.272 e. The van der Waals surface area contributed by atoms with E-state index in [1.807, 2.05) is 22.9 Å². The maximum atomic E-state index is 11.7. The number of carbonyl (C=O) groups is 1. The SMILES string of the molecule is COCN1CCn2cccc2C1=O. The van der Waals surface area contributed by atoms with E-state index in [1.54, 1.807) is 12.0 Å². The van der Waals surface area contributed by atoms with Gasteiger partial charge in [0.2, 0.25) is 0 Å². The lowest BCUT2D eigenvalue weighted by Crippen LogP contribution is -2.40. The topological polar surface area (TPSA) is 34.5 Å². The third-order valence-corrected chi connectivity index (χ3v) is 2.23. The summed E-state index contributed by atoms with van der Waals surface area (Å²) in [6.07, 6.45) is 1.93. The summed E-state index contributed by atoms with van der Waals surface area (Å²) in [4.78, 5) is 13.4. The average Bonchev–Trinajstić information content (AvgIpc) is 2.58. The molecule has 2 heterocycles. The number of carbonyl (C=O) groups excluding carboxylic acids is 1. The van der Waals surface area contributed by atoms with E-state index in [9.17, 15) is 4.79 Å². The lowest BCUT2D eigenvalue weighted by atomic mass is 10.3. The van der Waals surface area contributed by atoms with Gasteiger partial charge in [0, 0.05) is 26.4 Å². The average molecular weight is 180 g/mol. The summed E-state index contributed by atoms with van der Waals surface area (Å²) < 4.78 is 6.91. The van der Waals surface area contributed by atoms with E-state index in [-0.39, 0.29) is 5.91 Å². The molecule has 0 unspecified atom stereocenters. The summed E-state index contributed by atoms with van der Waals surface area (Å²) in [7, 11) is 1.60. The molecule has 1 aromatic heterocycles. The van der Waals surface area contributed by atoms with E-state index in [0.717, 1.165) is 18.8 Å². The van der Waals surface area contributed by atoms with Crippen molar-refractivity contribution in [1.82, 2.24) is 9.47 Å². The molecule has 2 rings (SSSR count). The van der Waals surface area contributed by atoms with Crippen molar-refractivity contribution in [1.29, 1.82) is 0 Å². The maximum Gasteiger partial charge on any atom is 0.272 e. The number of methoxy groups -OCH3 is 1. The van der Waals surface area contributed by atoms with Gasteiger partial charge in [0.1, 0.15) is 12.4 Å². The fourth-order valence-electron chi connectivity index (χ4n) is 1.57. The molecule has 0 fully saturated rings. The van der Waals surface area contributed by atoms with E-state index in [1.165, 1.54) is 0 Å². The van der Waals surface area contributed by atoms with Crippen LogP contribution in [0.5, 0.6) is 0 Å². The Balaban J connectivity index is 2.22. The van der Waals surface area contributed by atoms with Crippen LogP contribution in [0.3, 0.4) is 0 Å². The molecule has 1 aliphatic rings. The van der Waals surface area contributed by atoms with Crippen LogP contribution in [-0.2, 0) is 11.3 Å². The van der Waals surface area contributed by atoms with Gasteiger partial charge in [-0.2, -0.15) is 0 Å². The van der Waals surface area contributed by atoms with E-state index >= 15 is 0 Å². The molecule has 4 nitrogen and oxygen atoms in total. The molecule has 1 aliphatic heterocycles. The molecule has 0 bridgehead atoms. The fraction of sp³-hybridized carbons (Fsp3) is 0.444. The third-order valence-electron chi connectivity index (χ3n) is 2.23. The van der Waals surface area contributed by atoms with E-state index in [2.05, 4.69) is 0 Å². The highest BCUT2D eigenvalue weighted by Crippen LogP contribution is 2.12. The Bertz CT molecular complexity index is 319. The van der Waals surface area contributed by atoms with Crippen LogP contribution in [0.25, 0.3) is 0 Å². The summed E-state index contributed by atoms with van der Waals surface area (Å²) in [5, 5.41) is 0. The van der Waals surface area contributed by atoms with Crippen LogP contribution in [0.1, 0.15) is 10.5 Å². The van der Waals surface area contributed by atoms with Crippen LogP contribution < -0.4 is 0 Å². The molecule has 4 heteroatoms. The van der Waals surface area contributed by atoms with Crippen LogP contribution in [-0.4, -0.2) is 35.8 Å². The monoisotopic (exact) mass is 180 g/mol. The largest absolute Gasteiger partial charge is 0.364 e. The first kappa shape index (κ1) is 8.31. The molecular formula is C9H12N2O2. The summed E-state index contributed by atoms with van der Waals surface area (Å²) in [6.45, 7) is 1.97. The van der Waals surface area contributed by atoms with Crippen LogP contribution >= 0.6 is 0 Å². The zero-order chi connectivity index (χ0) is 9.26. The molecule has 0 N–H and O–H groups in total. The molecule has 0 spiro atoms. The summed E-state index contributed by atoms with van der Waals surface area (Å²) in [5.41, 5.74) is 0.753. The van der Waals surface area contributed by atoms with Gasteiger partial charge in [0.15, 0.2) is 0 Å². The number of hydrogen-bond acceptors (Lipinski definition) is 2. The van der Waals surface area contributed by atoms with Gasteiger partial charge in [-0.15, -0.1) is 0 Å². The summed E-state index contributed by atoms with van der Waals surface area (Å²) >= 11 is 0. The second kappa shape index (κ2) is 3.22. The van der Waals surface area contributed by atoms with Gasteiger partial charge >= 0.3 is 0 Å². The molecule has 70 valence electrons. The molecule has 13 heavy (non-hydrogen) atoms. The Kier molecular flexibility index (Phi) is 2.06. The van der Waals surface area contributed by atoms with E-state index in [4.69, 9.17) is 4.74 Å². The highest BCUT2D eigenvalue weighted by Gasteiger charge is 2.22. The Morgan fingerprint density at radius 2 is 2.38 bits per heavy atom. The molecule has 0 radical (unpaired) electrons. The van der Waals surface area contributed by atoms with Gasteiger partial charge in [0.05, 0.1) is 0 Å². The van der Waals surface area contributed by atoms with Gasteiger partial charge in [-0.05, 0) is 12.1 Å². The number of rotatable bonds is 2. The minimum atomic E-state index is 0.0538. The lowest BCUT2D eigenvalue weighted by Gasteiger charge is -2.27. The minimum Gasteiger partial charge on any atom is -0.364 e. The van der Waals surface area contributed by atoms with Crippen LogP contribution in [0.4, 0.5) is 0 Å². The van der Waals surface area contributed by atoms with Crippen molar-refractivity contribution in [3.63, 3.8) is 0 Å². The predicted octanol–water partition coefficient (Wildman–Crippen LogP) is 0.548. The van der Waals surface area contributed by atoms with Crippen molar-refractivity contribution in [3.8, 4) is 0 Å². The Hall–Kier alpha value is -1.29. The molecule has 0 atom stereocenters. The van der Waals surface area contributed by atoms with Crippen LogP contribution in [0.2, 0.25) is 0 Å². The number of ether oxygens (including phenoxy) is 1. The number of amides is 1. The number of aromatic nitrogens is 1. The van der Waals surface area contributed by atoms with Gasteiger partial charge in [-0.1, -0.05) is 0 Å². The van der Waals surface area contributed by atoms with Gasteiger partial charge in [0.25, 0.3) is 5.91 Å². The molecule has 1 aromatic rings. The molecule has 1 amide bonds. The summed E-state index contributed by atoms with van der Waals surface area (Å²) in [6, 6.07) is 3.73. The van der Waals surface area contributed by atoms with Crippen molar-refractivity contribution in [2.75, 3.05) is 20.4 Å². The number of fused-ring (bicyclic) bond motifs is 1. The number of hydrogen-bond donors (Lipinski definition) is 0. The second-order valence-corrected chi connectivity index (χ2v) is 3.07. The highest BCUT2D eigenvalue weighted by molar-refractivity contribution is 5.93. The molecule has 0 saturated carbocycles. The van der Waals surface area contributed by atoms with E-state index in [0.29, 0.717) is 6.73 Å². The lowest BCUT2D eigenvalue weighted by molar-refractivity contribution is 0.0353. The zero-order valence-corrected chi connectivity index (χ0v) is 7.56. The minimum absolute atomic E-state index is 0.0538. The van der Waals surface area contributed by atoms with Crippen LogP contribution in [0, 0.1) is 0 Å². The van der Waals surface area contributed by atoms with Crippen LogP contribution in [0.15, 0.2) is 18.3 Å². The predicted molar refractivity (Wildman–Crippen MR) is 47.3 cm³/mol. The third kappa shape index (κ3) is 1.33. The normalized spacial score (nSPS) is 16.1. The standard InChI is InChI=1S/C9H12N2O2/c1-13-7-11-6-5-10-4-2-3-8(10)9(11)12/h2-4H,5-7H2,1H3. The maximum absolute atomic E-state index is 11.7. The van der Waals surface area contributed by atoms with E-state index < -0.39 is 0 Å². The van der Waals surface area contributed by atoms with Gasteiger partial charge < -0.3 is 14.2 Å². The zero-order valence-electron chi connectivity index (χ0n) is 7.56. The second-order valence-electron chi connectivity index (χ2n) is 3.07. The van der Waals surface area contributed by atoms with Crippen molar-refractivity contribution in [3.05, 3.63) is 24.0 Å². The molecule has 0 aliphatic carbocycles. The van der Waals surface area contributed by atoms with Gasteiger partial charge in [-0.25, -0.2) is 0 Å². The van der Waals surface area contributed by atoms with Gasteiger partial charge in [-0.3, -0.25) is 4.79 Å². The molecule has 0 saturated heterocycles. The van der Waals surface area contributed by atoms with Crippen molar-refractivity contribution < 1.29 is 9.53 Å². The Morgan fingerprint density at radius 1 is 1.54 bits per heavy atom. The van der Waals surface area contributed by atoms with Crippen molar-refractivity contribution in [2.24, 2.45) is 0 Å². The van der Waals surface area contributed by atoms with Crippen molar-refractivity contribution >= 4 is 5.91 Å². The summed E-state index contributed by atoms with van der Waals surface area (Å²) in [5.74, 6) is 0.0538. The highest BCUT2D eigenvalue weighted by atomic mass is 16.5. The first-order valence-corrected chi connectivity index (χ1v) is 4.26. The number of nitrogens with zero attached hydrogens (tertiary/aromatic N) is 2. The fourth-order valence-corrected chi connectivity index (χ4v) is 1.57.